The van der Waals surface area contributed by atoms with Gasteiger partial charge >= 0.3 is 0 Å². The Morgan fingerprint density at radius 1 is 1.38 bits per heavy atom. The molecule has 0 unspecified atom stereocenters. The van der Waals surface area contributed by atoms with E-state index in [-0.39, 0.29) is 5.91 Å². The molecule has 1 aliphatic rings. The molecule has 0 radical (unpaired) electrons. The second-order valence-electron chi connectivity index (χ2n) is 5.67. The number of aromatic amines is 1. The quantitative estimate of drug-likeness (QED) is 0.558. The number of carbonyl (C=O) groups excluding carboxylic acids is 1. The van der Waals surface area contributed by atoms with Crippen LogP contribution in [0.15, 0.2) is 28.3 Å². The van der Waals surface area contributed by atoms with E-state index >= 15 is 0 Å². The van der Waals surface area contributed by atoms with Crippen LogP contribution in [0.4, 0.5) is 0 Å². The van der Waals surface area contributed by atoms with Gasteiger partial charge < -0.3 is 19.4 Å². The Hall–Kier alpha value is -2.29. The molecule has 3 rings (SSSR count). The van der Waals surface area contributed by atoms with Gasteiger partial charge in [0.25, 0.3) is 5.91 Å². The second kappa shape index (κ2) is 8.39. The minimum absolute atomic E-state index is 0.170. The summed E-state index contributed by atoms with van der Waals surface area (Å²) in [6.45, 7) is 2.08. The molecule has 138 valence electrons. The number of nitrogens with one attached hydrogen (secondary N) is 1. The van der Waals surface area contributed by atoms with Gasteiger partial charge in [-0.15, -0.1) is 0 Å². The molecule has 9 heteroatoms. The van der Waals surface area contributed by atoms with E-state index in [9.17, 15) is 4.79 Å². The Labute approximate surface area is 155 Å². The van der Waals surface area contributed by atoms with Crippen LogP contribution in [0, 0.1) is 0 Å². The molecule has 0 fully saturated rings. The van der Waals surface area contributed by atoms with Gasteiger partial charge in [-0.05, 0) is 12.1 Å². The Morgan fingerprint density at radius 2 is 2.19 bits per heavy atom. The summed E-state index contributed by atoms with van der Waals surface area (Å²) in [5.41, 5.74) is 2.09. The lowest BCUT2D eigenvalue weighted by Gasteiger charge is -2.14. The monoisotopic (exact) mass is 377 g/mol. The molecule has 26 heavy (non-hydrogen) atoms. The average Bonchev–Trinajstić information content (AvgIpc) is 3.22. The van der Waals surface area contributed by atoms with Gasteiger partial charge in [-0.2, -0.15) is 0 Å². The largest absolute Gasteiger partial charge is 0.383 e. The van der Waals surface area contributed by atoms with Crippen molar-refractivity contribution >= 4 is 40.0 Å². The van der Waals surface area contributed by atoms with Crippen LogP contribution in [0.3, 0.4) is 0 Å². The third kappa shape index (κ3) is 3.77. The molecular weight excluding hydrogens is 358 g/mol. The lowest BCUT2D eigenvalue weighted by molar-refractivity contribution is -0.123. The van der Waals surface area contributed by atoms with Gasteiger partial charge in [-0.3, -0.25) is 14.8 Å². The number of amides is 1. The van der Waals surface area contributed by atoms with Gasteiger partial charge in [-0.25, -0.2) is 4.98 Å². The lowest BCUT2D eigenvalue weighted by Crippen LogP contribution is -2.36. The number of pyridine rings is 1. The predicted octanol–water partition coefficient (Wildman–Crippen LogP) is 1.54. The highest BCUT2D eigenvalue weighted by atomic mass is 35.5. The van der Waals surface area contributed by atoms with E-state index in [0.29, 0.717) is 60.8 Å². The normalized spacial score (nSPS) is 15.2. The number of rotatable bonds is 8. The van der Waals surface area contributed by atoms with E-state index in [2.05, 4.69) is 20.0 Å². The van der Waals surface area contributed by atoms with Crippen LogP contribution in [0.2, 0.25) is 5.02 Å². The van der Waals surface area contributed by atoms with Crippen molar-refractivity contribution < 1.29 is 14.3 Å². The minimum atomic E-state index is -0.170. The molecule has 1 N–H and O–H groups in total. The number of hydrogen-bond acceptors (Lipinski definition) is 6. The molecule has 3 heterocycles. The predicted molar refractivity (Wildman–Crippen MR) is 100 cm³/mol. The summed E-state index contributed by atoms with van der Waals surface area (Å²) in [5.74, 6) is -0.170. The maximum Gasteiger partial charge on any atom is 0.275 e. The van der Waals surface area contributed by atoms with Crippen LogP contribution in [0.25, 0.3) is 11.0 Å². The molecule has 0 saturated heterocycles. The Bertz CT molecular complexity index is 861. The number of halogens is 1. The third-order valence-corrected chi connectivity index (χ3v) is 4.31. The maximum absolute atomic E-state index is 12.7. The van der Waals surface area contributed by atoms with Gasteiger partial charge in [0, 0.05) is 32.3 Å². The number of carbonyl (C=O) groups is 1. The van der Waals surface area contributed by atoms with Crippen LogP contribution in [-0.4, -0.2) is 79.4 Å². The Kier molecular flexibility index (Phi) is 5.97. The van der Waals surface area contributed by atoms with Crippen molar-refractivity contribution in [3.05, 3.63) is 29.0 Å². The summed E-state index contributed by atoms with van der Waals surface area (Å²) in [6.07, 6.45) is 1.62. The summed E-state index contributed by atoms with van der Waals surface area (Å²) < 4.78 is 10.1. The van der Waals surface area contributed by atoms with Crippen LogP contribution in [-0.2, 0) is 14.3 Å². The minimum Gasteiger partial charge on any atom is -0.383 e. The number of methoxy groups -OCH3 is 2. The molecular formula is C17H20ClN5O3. The fourth-order valence-electron chi connectivity index (χ4n) is 2.65. The molecule has 0 saturated carbocycles. The molecule has 0 atom stereocenters. The number of aliphatic imine (C=N–C) groups is 2. The van der Waals surface area contributed by atoms with E-state index in [1.54, 1.807) is 31.4 Å². The number of hydrogen-bond donors (Lipinski definition) is 1. The van der Waals surface area contributed by atoms with E-state index in [0.717, 1.165) is 5.39 Å². The number of ether oxygens (including phenoxy) is 2. The van der Waals surface area contributed by atoms with Crippen LogP contribution >= 0.6 is 11.6 Å². The van der Waals surface area contributed by atoms with E-state index in [4.69, 9.17) is 21.1 Å². The fourth-order valence-corrected chi connectivity index (χ4v) is 2.85. The Balaban J connectivity index is 1.94. The van der Waals surface area contributed by atoms with Gasteiger partial charge in [0.15, 0.2) is 5.71 Å². The Morgan fingerprint density at radius 3 is 2.92 bits per heavy atom. The SMILES string of the molecule is COCCN=C(C1=NCN(CCOC)C1=O)c1cc2c(Cl)ccnc2[nH]1. The summed E-state index contributed by atoms with van der Waals surface area (Å²) in [5, 5.41) is 1.35. The molecule has 2 aromatic rings. The standard InChI is InChI=1S/C17H20ClN5O3/c1-25-7-5-19-14(15-17(24)23(10-21-15)6-8-26-2)13-9-11-12(18)3-4-20-16(11)22-13/h3-4,9H,5-8,10H2,1-2H3,(H,20,22). The number of aromatic nitrogens is 2. The topological polar surface area (TPSA) is 92.2 Å². The number of H-pyrrole nitrogens is 1. The van der Waals surface area contributed by atoms with Gasteiger partial charge in [0.1, 0.15) is 18.0 Å². The number of nitrogens with zero attached hydrogens (tertiary/aromatic N) is 4. The smallest absolute Gasteiger partial charge is 0.275 e. The molecule has 0 aliphatic carbocycles. The highest BCUT2D eigenvalue weighted by molar-refractivity contribution is 6.70. The summed E-state index contributed by atoms with van der Waals surface area (Å²) in [7, 11) is 3.20. The molecule has 0 bridgehead atoms. The summed E-state index contributed by atoms with van der Waals surface area (Å²) in [6, 6.07) is 3.55. The zero-order valence-electron chi connectivity index (χ0n) is 14.7. The molecule has 1 amide bonds. The highest BCUT2D eigenvalue weighted by Gasteiger charge is 2.30. The van der Waals surface area contributed by atoms with Crippen molar-refractivity contribution in [3.8, 4) is 0 Å². The average molecular weight is 378 g/mol. The van der Waals surface area contributed by atoms with Crippen molar-refractivity contribution in [3.63, 3.8) is 0 Å². The zero-order chi connectivity index (χ0) is 18.5. The van der Waals surface area contributed by atoms with Crippen LogP contribution in [0.5, 0.6) is 0 Å². The van der Waals surface area contributed by atoms with E-state index in [1.807, 2.05) is 6.07 Å². The molecule has 8 nitrogen and oxygen atoms in total. The van der Waals surface area contributed by atoms with Crippen molar-refractivity contribution in [2.24, 2.45) is 9.98 Å². The van der Waals surface area contributed by atoms with Gasteiger partial charge in [-0.1, -0.05) is 11.6 Å². The first-order chi connectivity index (χ1) is 12.7. The molecule has 1 aliphatic heterocycles. The van der Waals surface area contributed by atoms with E-state index < -0.39 is 0 Å². The molecule has 0 aromatic carbocycles. The van der Waals surface area contributed by atoms with Crippen LogP contribution in [0.1, 0.15) is 5.69 Å². The van der Waals surface area contributed by atoms with Gasteiger partial charge in [0.05, 0.1) is 30.5 Å². The molecule has 0 spiro atoms. The van der Waals surface area contributed by atoms with Crippen molar-refractivity contribution in [1.29, 1.82) is 0 Å². The van der Waals surface area contributed by atoms with Crippen molar-refractivity contribution in [1.82, 2.24) is 14.9 Å². The molecule has 2 aromatic heterocycles. The summed E-state index contributed by atoms with van der Waals surface area (Å²) in [4.78, 5) is 30.7. The first-order valence-corrected chi connectivity index (χ1v) is 8.53. The first kappa shape index (κ1) is 18.5. The van der Waals surface area contributed by atoms with Crippen molar-refractivity contribution in [2.45, 2.75) is 0 Å². The number of fused-ring (bicyclic) bond motifs is 1. The second-order valence-corrected chi connectivity index (χ2v) is 6.08. The highest BCUT2D eigenvalue weighted by Crippen LogP contribution is 2.23. The zero-order valence-corrected chi connectivity index (χ0v) is 15.4. The lowest BCUT2D eigenvalue weighted by atomic mass is 10.1. The fraction of sp³-hybridized carbons (Fsp3) is 0.412. The first-order valence-electron chi connectivity index (χ1n) is 8.15. The van der Waals surface area contributed by atoms with Crippen LogP contribution < -0.4 is 0 Å². The van der Waals surface area contributed by atoms with Crippen molar-refractivity contribution in [2.75, 3.05) is 47.2 Å². The summed E-state index contributed by atoms with van der Waals surface area (Å²) >= 11 is 6.23. The third-order valence-electron chi connectivity index (χ3n) is 3.98. The van der Waals surface area contributed by atoms with E-state index in [1.165, 1.54) is 0 Å². The van der Waals surface area contributed by atoms with Gasteiger partial charge in [0.2, 0.25) is 0 Å². The maximum atomic E-state index is 12.7.